The zero-order valence-corrected chi connectivity index (χ0v) is 11.3. The van der Waals surface area contributed by atoms with Crippen LogP contribution in [0.15, 0.2) is 23.4 Å². The molecule has 0 aromatic carbocycles. The van der Waals surface area contributed by atoms with Crippen molar-refractivity contribution >= 4 is 21.7 Å². The highest BCUT2D eigenvalue weighted by molar-refractivity contribution is 7.90. The molecule has 0 bridgehead atoms. The molecule has 0 saturated carbocycles. The van der Waals surface area contributed by atoms with E-state index in [4.69, 9.17) is 0 Å². The van der Waals surface area contributed by atoms with Crippen LogP contribution in [-0.4, -0.2) is 35.9 Å². The lowest BCUT2D eigenvalue weighted by Gasteiger charge is -2.13. The summed E-state index contributed by atoms with van der Waals surface area (Å²) < 4.78 is 25.0. The average molecular weight is 282 g/mol. The van der Waals surface area contributed by atoms with Crippen LogP contribution in [0.2, 0.25) is 0 Å². The van der Waals surface area contributed by atoms with Crippen LogP contribution in [0, 0.1) is 0 Å². The minimum Gasteiger partial charge on any atom is -0.300 e. The van der Waals surface area contributed by atoms with Crippen LogP contribution in [-0.2, 0) is 14.8 Å². The van der Waals surface area contributed by atoms with Crippen molar-refractivity contribution in [1.29, 1.82) is 0 Å². The fourth-order valence-electron chi connectivity index (χ4n) is 1.93. The third-order valence-electron chi connectivity index (χ3n) is 2.97. The van der Waals surface area contributed by atoms with Crippen molar-refractivity contribution in [1.82, 2.24) is 9.29 Å². The number of ketones is 1. The van der Waals surface area contributed by atoms with E-state index in [-0.39, 0.29) is 29.3 Å². The number of Topliss-reactive ketones (excluding diaryl/α,β-unsaturated/α-hetero) is 1. The Bertz CT molecular complexity index is 624. The SMILES string of the molecule is CCC(=O)CCCN1C(=O)c2cccnc2S1(=O)=O. The van der Waals surface area contributed by atoms with Gasteiger partial charge in [-0.3, -0.25) is 9.59 Å². The van der Waals surface area contributed by atoms with Crippen molar-refractivity contribution in [2.24, 2.45) is 0 Å². The number of hydrogen-bond donors (Lipinski definition) is 0. The summed E-state index contributed by atoms with van der Waals surface area (Å²) in [7, 11) is -3.84. The Morgan fingerprint density at radius 2 is 2.16 bits per heavy atom. The first-order chi connectivity index (χ1) is 8.98. The van der Waals surface area contributed by atoms with E-state index in [2.05, 4.69) is 4.98 Å². The monoisotopic (exact) mass is 282 g/mol. The standard InChI is InChI=1S/C12H14N2O4S/c1-2-9(15)5-4-8-14-12(16)10-6-3-7-13-11(10)19(14,17)18/h3,6-7H,2,4-5,8H2,1H3. The molecule has 19 heavy (non-hydrogen) atoms. The highest BCUT2D eigenvalue weighted by atomic mass is 32.2. The van der Waals surface area contributed by atoms with E-state index in [1.165, 1.54) is 18.3 Å². The number of hydrogen-bond acceptors (Lipinski definition) is 5. The Balaban J connectivity index is 2.17. The number of sulfonamides is 1. The van der Waals surface area contributed by atoms with Gasteiger partial charge in [-0.15, -0.1) is 0 Å². The van der Waals surface area contributed by atoms with Gasteiger partial charge in [0.15, 0.2) is 5.03 Å². The van der Waals surface area contributed by atoms with Crippen molar-refractivity contribution < 1.29 is 18.0 Å². The number of aromatic nitrogens is 1. The highest BCUT2D eigenvalue weighted by Gasteiger charge is 2.41. The highest BCUT2D eigenvalue weighted by Crippen LogP contribution is 2.28. The Kier molecular flexibility index (Phi) is 3.66. The molecule has 0 N–H and O–H groups in total. The first-order valence-corrected chi connectivity index (χ1v) is 7.46. The van der Waals surface area contributed by atoms with E-state index < -0.39 is 15.9 Å². The number of amides is 1. The van der Waals surface area contributed by atoms with Gasteiger partial charge in [0.05, 0.1) is 5.56 Å². The number of fused-ring (bicyclic) bond motifs is 1. The molecule has 2 heterocycles. The van der Waals surface area contributed by atoms with Crippen LogP contribution in [0.1, 0.15) is 36.5 Å². The van der Waals surface area contributed by atoms with Gasteiger partial charge in [-0.1, -0.05) is 6.92 Å². The summed E-state index contributed by atoms with van der Waals surface area (Å²) in [6.45, 7) is 1.77. The number of carbonyl (C=O) groups excluding carboxylic acids is 2. The second-order valence-corrected chi connectivity index (χ2v) is 6.01. The van der Waals surface area contributed by atoms with Gasteiger partial charge in [0.2, 0.25) is 0 Å². The summed E-state index contributed by atoms with van der Waals surface area (Å²) in [6, 6.07) is 2.97. The summed E-state index contributed by atoms with van der Waals surface area (Å²) in [5.74, 6) is -0.508. The van der Waals surface area contributed by atoms with Gasteiger partial charge in [0, 0.05) is 25.6 Å². The van der Waals surface area contributed by atoms with Crippen LogP contribution in [0.4, 0.5) is 0 Å². The van der Waals surface area contributed by atoms with Crippen molar-refractivity contribution in [2.75, 3.05) is 6.54 Å². The quantitative estimate of drug-likeness (QED) is 0.804. The van der Waals surface area contributed by atoms with E-state index >= 15 is 0 Å². The predicted molar refractivity (Wildman–Crippen MR) is 67.0 cm³/mol. The van der Waals surface area contributed by atoms with Gasteiger partial charge < -0.3 is 0 Å². The molecule has 1 aliphatic rings. The van der Waals surface area contributed by atoms with E-state index in [1.807, 2.05) is 0 Å². The number of rotatable bonds is 5. The van der Waals surface area contributed by atoms with E-state index in [1.54, 1.807) is 6.92 Å². The van der Waals surface area contributed by atoms with Crippen molar-refractivity contribution in [3.05, 3.63) is 23.9 Å². The maximum Gasteiger partial charge on any atom is 0.285 e. The lowest BCUT2D eigenvalue weighted by molar-refractivity contribution is -0.118. The fourth-order valence-corrected chi connectivity index (χ4v) is 3.45. The van der Waals surface area contributed by atoms with Crippen LogP contribution < -0.4 is 0 Å². The van der Waals surface area contributed by atoms with E-state index in [9.17, 15) is 18.0 Å². The van der Waals surface area contributed by atoms with Gasteiger partial charge in [-0.2, -0.15) is 8.42 Å². The lowest BCUT2D eigenvalue weighted by Crippen LogP contribution is -2.31. The third kappa shape index (κ3) is 2.37. The van der Waals surface area contributed by atoms with Gasteiger partial charge >= 0.3 is 0 Å². The normalized spacial score (nSPS) is 16.5. The molecule has 1 aromatic rings. The van der Waals surface area contributed by atoms with Gasteiger partial charge in [-0.05, 0) is 18.6 Å². The summed E-state index contributed by atoms with van der Waals surface area (Å²) in [4.78, 5) is 26.9. The molecule has 1 aromatic heterocycles. The summed E-state index contributed by atoms with van der Waals surface area (Å²) in [6.07, 6.45) is 2.38. The molecular weight excluding hydrogens is 268 g/mol. The molecule has 102 valence electrons. The van der Waals surface area contributed by atoms with Gasteiger partial charge in [-0.25, -0.2) is 9.29 Å². The molecule has 0 spiro atoms. The minimum absolute atomic E-state index is 0.0171. The molecular formula is C12H14N2O4S. The van der Waals surface area contributed by atoms with Crippen LogP contribution >= 0.6 is 0 Å². The number of pyridine rings is 1. The number of carbonyl (C=O) groups is 2. The topological polar surface area (TPSA) is 84.4 Å². The molecule has 0 unspecified atom stereocenters. The summed E-state index contributed by atoms with van der Waals surface area (Å²) >= 11 is 0. The van der Waals surface area contributed by atoms with Gasteiger partial charge in [0.25, 0.3) is 15.9 Å². The Hall–Kier alpha value is -1.76. The molecule has 0 atom stereocenters. The van der Waals surface area contributed by atoms with Gasteiger partial charge in [0.1, 0.15) is 5.78 Å². The zero-order valence-electron chi connectivity index (χ0n) is 10.5. The van der Waals surface area contributed by atoms with E-state index in [0.717, 1.165) is 4.31 Å². The fraction of sp³-hybridized carbons (Fsp3) is 0.417. The predicted octanol–water partition coefficient (Wildman–Crippen LogP) is 0.985. The Morgan fingerprint density at radius 3 is 2.79 bits per heavy atom. The molecule has 2 rings (SSSR count). The maximum absolute atomic E-state index is 12.1. The van der Waals surface area contributed by atoms with Crippen LogP contribution in [0.25, 0.3) is 0 Å². The third-order valence-corrected chi connectivity index (χ3v) is 4.72. The number of nitrogens with zero attached hydrogens (tertiary/aromatic N) is 2. The molecule has 1 aliphatic heterocycles. The van der Waals surface area contributed by atoms with E-state index in [0.29, 0.717) is 12.8 Å². The molecule has 7 heteroatoms. The summed E-state index contributed by atoms with van der Waals surface area (Å²) in [5.41, 5.74) is 0.101. The van der Waals surface area contributed by atoms with Crippen LogP contribution in [0.5, 0.6) is 0 Å². The van der Waals surface area contributed by atoms with Crippen molar-refractivity contribution in [3.8, 4) is 0 Å². The average Bonchev–Trinajstić information content (AvgIpc) is 2.60. The first-order valence-electron chi connectivity index (χ1n) is 6.02. The Morgan fingerprint density at radius 1 is 1.42 bits per heavy atom. The molecule has 0 saturated heterocycles. The first kappa shape index (κ1) is 13.7. The minimum atomic E-state index is -3.84. The smallest absolute Gasteiger partial charge is 0.285 e. The molecule has 6 nitrogen and oxygen atoms in total. The van der Waals surface area contributed by atoms with Crippen molar-refractivity contribution in [2.45, 2.75) is 31.2 Å². The van der Waals surface area contributed by atoms with Crippen molar-refractivity contribution in [3.63, 3.8) is 0 Å². The zero-order chi connectivity index (χ0) is 14.0. The maximum atomic E-state index is 12.1. The largest absolute Gasteiger partial charge is 0.300 e. The second kappa shape index (κ2) is 5.08. The molecule has 0 fully saturated rings. The van der Waals surface area contributed by atoms with Crippen LogP contribution in [0.3, 0.4) is 0 Å². The Labute approximate surface area is 111 Å². The molecule has 0 radical (unpaired) electrons. The second-order valence-electron chi connectivity index (χ2n) is 4.23. The molecule has 1 amide bonds. The molecule has 0 aliphatic carbocycles. The lowest BCUT2D eigenvalue weighted by atomic mass is 10.2. The summed E-state index contributed by atoms with van der Waals surface area (Å²) in [5, 5.41) is -0.193.